The molecule has 0 aliphatic carbocycles. The second-order valence-corrected chi connectivity index (χ2v) is 6.57. The number of benzene rings is 2. The second-order valence-electron chi connectivity index (χ2n) is 5.17. The number of aromatic nitrogens is 3. The van der Waals surface area contributed by atoms with Gasteiger partial charge in [0.25, 0.3) is 5.91 Å². The zero-order valence-electron chi connectivity index (χ0n) is 13.4. The van der Waals surface area contributed by atoms with Gasteiger partial charge in [-0.1, -0.05) is 29.4 Å². The molecule has 26 heavy (non-hydrogen) atoms. The van der Waals surface area contributed by atoms with E-state index < -0.39 is 0 Å². The number of hydrogen-bond donors (Lipinski definition) is 3. The van der Waals surface area contributed by atoms with E-state index >= 15 is 0 Å². The minimum Gasteiger partial charge on any atom is -0.325 e. The van der Waals surface area contributed by atoms with Gasteiger partial charge in [0.2, 0.25) is 5.91 Å². The van der Waals surface area contributed by atoms with Crippen LogP contribution >= 0.6 is 23.4 Å². The number of anilines is 2. The van der Waals surface area contributed by atoms with Crippen LogP contribution in [0.15, 0.2) is 60.0 Å². The van der Waals surface area contributed by atoms with Gasteiger partial charge >= 0.3 is 0 Å². The van der Waals surface area contributed by atoms with Crippen LogP contribution in [0.3, 0.4) is 0 Å². The first-order valence-electron chi connectivity index (χ1n) is 7.55. The monoisotopic (exact) mass is 387 g/mol. The summed E-state index contributed by atoms with van der Waals surface area (Å²) in [7, 11) is 0. The Morgan fingerprint density at radius 1 is 1.08 bits per heavy atom. The summed E-state index contributed by atoms with van der Waals surface area (Å²) in [5.41, 5.74) is 1.69. The SMILES string of the molecule is O=C(CSc1ncn[nH]1)Nc1ccc(C(=O)Nc2cccc(Cl)c2)cc1. The predicted octanol–water partition coefficient (Wildman–Crippen LogP) is 3.44. The van der Waals surface area contributed by atoms with Crippen molar-refractivity contribution in [3.8, 4) is 0 Å². The molecule has 0 aliphatic rings. The highest BCUT2D eigenvalue weighted by Gasteiger charge is 2.08. The Bertz CT molecular complexity index is 900. The van der Waals surface area contributed by atoms with Crippen LogP contribution in [-0.4, -0.2) is 32.7 Å². The van der Waals surface area contributed by atoms with Gasteiger partial charge in [-0.25, -0.2) is 4.98 Å². The first-order valence-corrected chi connectivity index (χ1v) is 8.91. The molecule has 1 heterocycles. The van der Waals surface area contributed by atoms with Crippen LogP contribution in [0, 0.1) is 0 Å². The van der Waals surface area contributed by atoms with E-state index in [0.717, 1.165) is 0 Å². The molecule has 1 aromatic heterocycles. The molecule has 0 saturated heterocycles. The van der Waals surface area contributed by atoms with E-state index in [1.807, 2.05) is 0 Å². The fraction of sp³-hybridized carbons (Fsp3) is 0.0588. The van der Waals surface area contributed by atoms with Crippen molar-refractivity contribution in [3.63, 3.8) is 0 Å². The third-order valence-corrected chi connectivity index (χ3v) is 4.36. The van der Waals surface area contributed by atoms with E-state index in [-0.39, 0.29) is 17.6 Å². The third-order valence-electron chi connectivity index (χ3n) is 3.25. The molecular weight excluding hydrogens is 374 g/mol. The lowest BCUT2D eigenvalue weighted by Gasteiger charge is -2.07. The third kappa shape index (κ3) is 5.08. The summed E-state index contributed by atoms with van der Waals surface area (Å²) in [6.07, 6.45) is 1.38. The molecule has 0 fully saturated rings. The molecule has 0 radical (unpaired) electrons. The Kier molecular flexibility index (Phi) is 5.88. The Morgan fingerprint density at radius 3 is 2.58 bits per heavy atom. The molecule has 0 aliphatic heterocycles. The summed E-state index contributed by atoms with van der Waals surface area (Å²) in [5, 5.41) is 13.0. The summed E-state index contributed by atoms with van der Waals surface area (Å²) in [4.78, 5) is 28.1. The maximum absolute atomic E-state index is 12.2. The lowest BCUT2D eigenvalue weighted by Crippen LogP contribution is -2.15. The van der Waals surface area contributed by atoms with Gasteiger partial charge in [0.05, 0.1) is 5.75 Å². The Hall–Kier alpha value is -2.84. The molecule has 3 aromatic rings. The number of aromatic amines is 1. The van der Waals surface area contributed by atoms with Gasteiger partial charge in [0.1, 0.15) is 6.33 Å². The zero-order valence-corrected chi connectivity index (χ0v) is 15.0. The van der Waals surface area contributed by atoms with Crippen molar-refractivity contribution in [1.29, 1.82) is 0 Å². The van der Waals surface area contributed by atoms with Crippen molar-refractivity contribution >= 4 is 46.6 Å². The molecular formula is C17H14ClN5O2S. The molecule has 3 rings (SSSR count). The summed E-state index contributed by atoms with van der Waals surface area (Å²) >= 11 is 7.15. The normalized spacial score (nSPS) is 10.3. The summed E-state index contributed by atoms with van der Waals surface area (Å²) in [6, 6.07) is 13.5. The average molecular weight is 388 g/mol. The minimum absolute atomic E-state index is 0.178. The quantitative estimate of drug-likeness (QED) is 0.562. The molecule has 3 N–H and O–H groups in total. The number of hydrogen-bond acceptors (Lipinski definition) is 5. The van der Waals surface area contributed by atoms with Crippen LogP contribution in [0.2, 0.25) is 5.02 Å². The van der Waals surface area contributed by atoms with E-state index in [1.165, 1.54) is 18.1 Å². The fourth-order valence-electron chi connectivity index (χ4n) is 2.07. The highest BCUT2D eigenvalue weighted by atomic mass is 35.5. The van der Waals surface area contributed by atoms with Crippen LogP contribution < -0.4 is 10.6 Å². The first-order chi connectivity index (χ1) is 12.6. The summed E-state index contributed by atoms with van der Waals surface area (Å²) in [5.74, 6) is -0.236. The van der Waals surface area contributed by atoms with Crippen LogP contribution in [0.4, 0.5) is 11.4 Å². The molecule has 0 spiro atoms. The van der Waals surface area contributed by atoms with Crippen LogP contribution in [0.25, 0.3) is 0 Å². The number of nitrogens with one attached hydrogen (secondary N) is 3. The largest absolute Gasteiger partial charge is 0.325 e. The minimum atomic E-state index is -0.258. The number of nitrogens with zero attached hydrogens (tertiary/aromatic N) is 2. The highest BCUT2D eigenvalue weighted by molar-refractivity contribution is 7.99. The van der Waals surface area contributed by atoms with Gasteiger partial charge in [0, 0.05) is 22.0 Å². The Balaban J connectivity index is 1.54. The summed E-state index contributed by atoms with van der Waals surface area (Å²) in [6.45, 7) is 0. The van der Waals surface area contributed by atoms with E-state index in [0.29, 0.717) is 27.1 Å². The molecule has 132 valence electrons. The van der Waals surface area contributed by atoms with Crippen LogP contribution in [0.1, 0.15) is 10.4 Å². The zero-order chi connectivity index (χ0) is 18.4. The van der Waals surface area contributed by atoms with Gasteiger partial charge in [-0.05, 0) is 42.5 Å². The van der Waals surface area contributed by atoms with Crippen molar-refractivity contribution in [2.24, 2.45) is 0 Å². The standard InChI is InChI=1S/C17H14ClN5O2S/c18-12-2-1-3-14(8-12)22-16(25)11-4-6-13(7-5-11)21-15(24)9-26-17-19-10-20-23-17/h1-8,10H,9H2,(H,21,24)(H,22,25)(H,19,20,23). The average Bonchev–Trinajstić information content (AvgIpc) is 3.14. The molecule has 0 atom stereocenters. The van der Waals surface area contributed by atoms with Crippen molar-refractivity contribution < 1.29 is 9.59 Å². The Labute approximate surface area is 158 Å². The van der Waals surface area contributed by atoms with Gasteiger partial charge < -0.3 is 10.6 Å². The number of thioether (sulfide) groups is 1. The maximum atomic E-state index is 12.2. The Morgan fingerprint density at radius 2 is 1.88 bits per heavy atom. The molecule has 0 unspecified atom stereocenters. The van der Waals surface area contributed by atoms with Gasteiger partial charge in [-0.2, -0.15) is 5.10 Å². The maximum Gasteiger partial charge on any atom is 0.255 e. The number of carbonyl (C=O) groups excluding carboxylic acids is 2. The van der Waals surface area contributed by atoms with Crippen molar-refractivity contribution in [2.45, 2.75) is 5.16 Å². The number of carbonyl (C=O) groups is 2. The lowest BCUT2D eigenvalue weighted by atomic mass is 10.2. The van der Waals surface area contributed by atoms with E-state index in [2.05, 4.69) is 25.8 Å². The smallest absolute Gasteiger partial charge is 0.255 e. The second kappa shape index (κ2) is 8.50. The van der Waals surface area contributed by atoms with E-state index in [1.54, 1.807) is 48.5 Å². The van der Waals surface area contributed by atoms with Crippen molar-refractivity contribution in [3.05, 3.63) is 65.4 Å². The molecule has 0 bridgehead atoms. The lowest BCUT2D eigenvalue weighted by molar-refractivity contribution is -0.113. The highest BCUT2D eigenvalue weighted by Crippen LogP contribution is 2.17. The van der Waals surface area contributed by atoms with E-state index in [9.17, 15) is 9.59 Å². The van der Waals surface area contributed by atoms with Crippen molar-refractivity contribution in [2.75, 3.05) is 16.4 Å². The molecule has 7 nitrogen and oxygen atoms in total. The topological polar surface area (TPSA) is 99.8 Å². The number of H-pyrrole nitrogens is 1. The van der Waals surface area contributed by atoms with Crippen LogP contribution in [0.5, 0.6) is 0 Å². The van der Waals surface area contributed by atoms with Gasteiger partial charge in [-0.3, -0.25) is 14.7 Å². The number of halogens is 1. The van der Waals surface area contributed by atoms with Gasteiger partial charge in [0.15, 0.2) is 5.16 Å². The van der Waals surface area contributed by atoms with E-state index in [4.69, 9.17) is 11.6 Å². The predicted molar refractivity (Wildman–Crippen MR) is 102 cm³/mol. The molecule has 2 amide bonds. The van der Waals surface area contributed by atoms with Crippen molar-refractivity contribution in [1.82, 2.24) is 15.2 Å². The first kappa shape index (κ1) is 18.0. The molecule has 9 heteroatoms. The molecule has 2 aromatic carbocycles. The number of rotatable bonds is 6. The van der Waals surface area contributed by atoms with Crippen LogP contribution in [-0.2, 0) is 4.79 Å². The number of amides is 2. The summed E-state index contributed by atoms with van der Waals surface area (Å²) < 4.78 is 0. The van der Waals surface area contributed by atoms with Gasteiger partial charge in [-0.15, -0.1) is 0 Å². The molecule has 0 saturated carbocycles. The fourth-order valence-corrected chi connectivity index (χ4v) is 2.84.